The molecule has 2 aliphatic rings. The van der Waals surface area contributed by atoms with Gasteiger partial charge in [0.05, 0.1) is 5.69 Å². The monoisotopic (exact) mass is 445 g/mol. The Hall–Kier alpha value is -2.73. The van der Waals surface area contributed by atoms with E-state index in [1.165, 1.54) is 18.4 Å². The van der Waals surface area contributed by atoms with Gasteiger partial charge >= 0.3 is 0 Å². The SMILES string of the molecule is Cc1nc2cc([C@@H]3CCN(Cc4ccccc4)C3)nn2c(C)c1CCC(=O)NC1CCCC1. The van der Waals surface area contributed by atoms with Crippen LogP contribution in [-0.4, -0.2) is 44.5 Å². The fourth-order valence-electron chi connectivity index (χ4n) is 5.57. The van der Waals surface area contributed by atoms with Crippen LogP contribution in [0.25, 0.3) is 5.65 Å². The highest BCUT2D eigenvalue weighted by Gasteiger charge is 2.27. The van der Waals surface area contributed by atoms with E-state index in [2.05, 4.69) is 60.5 Å². The van der Waals surface area contributed by atoms with Crippen molar-refractivity contribution in [3.63, 3.8) is 0 Å². The number of carbonyl (C=O) groups excluding carboxylic acids is 1. The standard InChI is InChI=1S/C27H35N5O/c1-19-24(12-13-27(33)29-23-10-6-7-11-23)20(2)32-26(28-19)16-25(30-32)22-14-15-31(18-22)17-21-8-4-3-5-9-21/h3-5,8-9,16,22-23H,6-7,10-15,17-18H2,1-2H3,(H,29,33)/t22-/m1/s1. The number of amides is 1. The molecule has 2 aromatic heterocycles. The van der Waals surface area contributed by atoms with E-state index < -0.39 is 0 Å². The lowest BCUT2D eigenvalue weighted by atomic mass is 10.1. The predicted molar refractivity (Wildman–Crippen MR) is 130 cm³/mol. The third kappa shape index (κ3) is 4.96. The molecule has 1 saturated carbocycles. The minimum Gasteiger partial charge on any atom is -0.353 e. The molecule has 1 amide bonds. The number of hydrogen-bond donors (Lipinski definition) is 1. The number of fused-ring (bicyclic) bond motifs is 1. The van der Waals surface area contributed by atoms with Crippen LogP contribution in [-0.2, 0) is 17.8 Å². The van der Waals surface area contributed by atoms with Crippen LogP contribution >= 0.6 is 0 Å². The molecule has 0 spiro atoms. The first-order chi connectivity index (χ1) is 16.1. The lowest BCUT2D eigenvalue weighted by Gasteiger charge is -2.15. The van der Waals surface area contributed by atoms with Crippen LogP contribution in [0, 0.1) is 13.8 Å². The van der Waals surface area contributed by atoms with Crippen LogP contribution in [0.4, 0.5) is 0 Å². The maximum Gasteiger partial charge on any atom is 0.220 e. The molecular weight excluding hydrogens is 410 g/mol. The van der Waals surface area contributed by atoms with Gasteiger partial charge in [0.2, 0.25) is 5.91 Å². The highest BCUT2D eigenvalue weighted by molar-refractivity contribution is 5.76. The Morgan fingerprint density at radius 1 is 1.12 bits per heavy atom. The zero-order chi connectivity index (χ0) is 22.8. The van der Waals surface area contributed by atoms with Crippen LogP contribution in [0.3, 0.4) is 0 Å². The number of benzene rings is 1. The van der Waals surface area contributed by atoms with E-state index >= 15 is 0 Å². The number of hydrogen-bond acceptors (Lipinski definition) is 4. The molecule has 1 atom stereocenters. The quantitative estimate of drug-likeness (QED) is 0.588. The Kier molecular flexibility index (Phi) is 6.45. The van der Waals surface area contributed by atoms with E-state index in [-0.39, 0.29) is 5.91 Å². The van der Waals surface area contributed by atoms with Crippen LogP contribution in [0.5, 0.6) is 0 Å². The number of aryl methyl sites for hydroxylation is 2. The molecule has 174 valence electrons. The van der Waals surface area contributed by atoms with Gasteiger partial charge in [-0.2, -0.15) is 5.10 Å². The predicted octanol–water partition coefficient (Wildman–Crippen LogP) is 4.33. The molecule has 3 aromatic rings. The summed E-state index contributed by atoms with van der Waals surface area (Å²) in [6.07, 6.45) is 7.06. The normalized spacial score (nSPS) is 19.5. The third-order valence-corrected chi connectivity index (χ3v) is 7.44. The first-order valence-electron chi connectivity index (χ1n) is 12.5. The zero-order valence-electron chi connectivity index (χ0n) is 19.9. The topological polar surface area (TPSA) is 62.5 Å². The van der Waals surface area contributed by atoms with Gasteiger partial charge in [0.1, 0.15) is 0 Å². The van der Waals surface area contributed by atoms with Crippen LogP contribution < -0.4 is 5.32 Å². The fraction of sp³-hybridized carbons (Fsp3) is 0.519. The van der Waals surface area contributed by atoms with Crippen molar-refractivity contribution in [1.29, 1.82) is 0 Å². The van der Waals surface area contributed by atoms with Gasteiger partial charge < -0.3 is 5.32 Å². The molecule has 2 fully saturated rings. The summed E-state index contributed by atoms with van der Waals surface area (Å²) in [5.41, 5.74) is 6.69. The molecule has 1 aliphatic heterocycles. The molecule has 33 heavy (non-hydrogen) atoms. The van der Waals surface area contributed by atoms with Crippen molar-refractivity contribution in [2.45, 2.75) is 77.3 Å². The van der Waals surface area contributed by atoms with E-state index in [9.17, 15) is 4.79 Å². The fourth-order valence-corrected chi connectivity index (χ4v) is 5.57. The average Bonchev–Trinajstić information content (AvgIpc) is 3.55. The summed E-state index contributed by atoms with van der Waals surface area (Å²) >= 11 is 0. The van der Waals surface area contributed by atoms with Gasteiger partial charge in [-0.15, -0.1) is 0 Å². The smallest absolute Gasteiger partial charge is 0.220 e. The average molecular weight is 446 g/mol. The van der Waals surface area contributed by atoms with E-state index in [1.54, 1.807) is 0 Å². The Bertz CT molecular complexity index is 1120. The summed E-state index contributed by atoms with van der Waals surface area (Å²) in [5, 5.41) is 8.18. The van der Waals surface area contributed by atoms with Crippen molar-refractivity contribution in [2.24, 2.45) is 0 Å². The lowest BCUT2D eigenvalue weighted by molar-refractivity contribution is -0.121. The Morgan fingerprint density at radius 3 is 2.70 bits per heavy atom. The summed E-state index contributed by atoms with van der Waals surface area (Å²) in [6, 6.07) is 13.2. The maximum atomic E-state index is 12.4. The van der Waals surface area contributed by atoms with E-state index in [4.69, 9.17) is 10.1 Å². The van der Waals surface area contributed by atoms with Gasteiger partial charge in [0.15, 0.2) is 5.65 Å². The van der Waals surface area contributed by atoms with Crippen molar-refractivity contribution in [3.8, 4) is 0 Å². The van der Waals surface area contributed by atoms with Crippen molar-refractivity contribution in [3.05, 3.63) is 64.6 Å². The number of rotatable bonds is 7. The molecule has 5 rings (SSSR count). The molecule has 1 saturated heterocycles. The van der Waals surface area contributed by atoms with Crippen molar-refractivity contribution in [2.75, 3.05) is 13.1 Å². The lowest BCUT2D eigenvalue weighted by Crippen LogP contribution is -2.32. The second-order valence-corrected chi connectivity index (χ2v) is 9.86. The van der Waals surface area contributed by atoms with E-state index in [1.807, 2.05) is 4.52 Å². The first-order valence-corrected chi connectivity index (χ1v) is 12.5. The summed E-state index contributed by atoms with van der Waals surface area (Å²) in [4.78, 5) is 19.8. The number of likely N-dealkylation sites (tertiary alicyclic amines) is 1. The van der Waals surface area contributed by atoms with Gasteiger partial charge in [-0.3, -0.25) is 9.69 Å². The van der Waals surface area contributed by atoms with Gasteiger partial charge in [0.25, 0.3) is 0 Å². The minimum absolute atomic E-state index is 0.159. The molecule has 1 aliphatic carbocycles. The van der Waals surface area contributed by atoms with Crippen LogP contribution in [0.1, 0.15) is 72.7 Å². The largest absolute Gasteiger partial charge is 0.353 e. The molecule has 0 radical (unpaired) electrons. The van der Waals surface area contributed by atoms with Crippen molar-refractivity contribution < 1.29 is 4.79 Å². The maximum absolute atomic E-state index is 12.4. The second-order valence-electron chi connectivity index (χ2n) is 9.86. The molecule has 1 aromatic carbocycles. The minimum atomic E-state index is 0.159. The van der Waals surface area contributed by atoms with E-state index in [0.29, 0.717) is 24.8 Å². The molecule has 3 heterocycles. The highest BCUT2D eigenvalue weighted by Crippen LogP contribution is 2.29. The van der Waals surface area contributed by atoms with E-state index in [0.717, 1.165) is 67.2 Å². The molecule has 0 bridgehead atoms. The summed E-state index contributed by atoms with van der Waals surface area (Å²) in [5.74, 6) is 0.599. The molecule has 6 nitrogen and oxygen atoms in total. The Labute approximate surface area is 196 Å². The van der Waals surface area contributed by atoms with Crippen molar-refractivity contribution in [1.82, 2.24) is 24.8 Å². The summed E-state index contributed by atoms with van der Waals surface area (Å²) < 4.78 is 1.99. The van der Waals surface area contributed by atoms with Crippen LogP contribution in [0.2, 0.25) is 0 Å². The zero-order valence-corrected chi connectivity index (χ0v) is 19.9. The number of nitrogens with one attached hydrogen (secondary N) is 1. The molecular formula is C27H35N5O. The van der Waals surface area contributed by atoms with Gasteiger partial charge in [-0.05, 0) is 57.2 Å². The summed E-state index contributed by atoms with van der Waals surface area (Å²) in [6.45, 7) is 7.29. The first kappa shape index (κ1) is 22.1. The summed E-state index contributed by atoms with van der Waals surface area (Å²) in [7, 11) is 0. The Balaban J connectivity index is 1.26. The number of aromatic nitrogens is 3. The van der Waals surface area contributed by atoms with Gasteiger partial charge in [-0.1, -0.05) is 43.2 Å². The molecule has 6 heteroatoms. The van der Waals surface area contributed by atoms with Crippen molar-refractivity contribution >= 4 is 11.6 Å². The highest BCUT2D eigenvalue weighted by atomic mass is 16.1. The second kappa shape index (κ2) is 9.64. The third-order valence-electron chi connectivity index (χ3n) is 7.44. The molecule has 1 N–H and O–H groups in total. The van der Waals surface area contributed by atoms with Gasteiger partial charge in [0, 0.05) is 48.9 Å². The number of nitrogens with zero attached hydrogens (tertiary/aromatic N) is 4. The Morgan fingerprint density at radius 2 is 1.91 bits per heavy atom. The van der Waals surface area contributed by atoms with Crippen LogP contribution in [0.15, 0.2) is 36.4 Å². The number of carbonyl (C=O) groups is 1. The van der Waals surface area contributed by atoms with Gasteiger partial charge in [-0.25, -0.2) is 9.50 Å². The molecule has 0 unspecified atom stereocenters.